The van der Waals surface area contributed by atoms with E-state index in [2.05, 4.69) is 0 Å². The molecule has 7 nitrogen and oxygen atoms in total. The minimum absolute atomic E-state index is 0.0208. The van der Waals surface area contributed by atoms with Crippen LogP contribution in [0.5, 0.6) is 0 Å². The molecule has 2 atom stereocenters. The van der Waals surface area contributed by atoms with Crippen molar-refractivity contribution in [3.8, 4) is 0 Å². The smallest absolute Gasteiger partial charge is 0.320 e. The zero-order valence-corrected chi connectivity index (χ0v) is 10.3. The first-order valence-corrected chi connectivity index (χ1v) is 5.40. The van der Waals surface area contributed by atoms with Gasteiger partial charge in [-0.05, 0) is 25.3 Å². The number of hydrogen-bond donors (Lipinski definition) is 5. The molecule has 17 heavy (non-hydrogen) atoms. The van der Waals surface area contributed by atoms with Crippen molar-refractivity contribution in [2.24, 2.45) is 23.1 Å². The third kappa shape index (κ3) is 11.1. The summed E-state index contributed by atoms with van der Waals surface area (Å²) in [5.74, 6) is -1.86. The fraction of sp³-hybridized carbons (Fsp3) is 0.800. The molecule has 7 heteroatoms. The molecule has 0 fully saturated rings. The average Bonchev–Trinajstić information content (AvgIpc) is 2.25. The highest BCUT2D eigenvalue weighted by molar-refractivity contribution is 5.73. The minimum atomic E-state index is -0.955. The van der Waals surface area contributed by atoms with E-state index in [0.717, 1.165) is 0 Å². The summed E-state index contributed by atoms with van der Waals surface area (Å²) in [7, 11) is 0. The maximum absolute atomic E-state index is 10.0. The van der Waals surface area contributed by atoms with E-state index in [9.17, 15) is 9.59 Å². The first kappa shape index (κ1) is 18.2. The summed E-state index contributed by atoms with van der Waals surface area (Å²) in [5, 5.41) is 16.5. The van der Waals surface area contributed by atoms with E-state index in [-0.39, 0.29) is 5.92 Å². The molecule has 0 spiro atoms. The monoisotopic (exact) mass is 249 g/mol. The molecule has 0 aliphatic heterocycles. The highest BCUT2D eigenvalue weighted by Gasteiger charge is 2.14. The van der Waals surface area contributed by atoms with Gasteiger partial charge in [0.25, 0.3) is 0 Å². The van der Waals surface area contributed by atoms with E-state index in [4.69, 9.17) is 27.4 Å². The van der Waals surface area contributed by atoms with E-state index in [0.29, 0.717) is 19.4 Å². The summed E-state index contributed by atoms with van der Waals surface area (Å²) in [5.41, 5.74) is 15.4. The molecule has 0 aliphatic rings. The first-order chi connectivity index (χ1) is 7.73. The second-order valence-electron chi connectivity index (χ2n) is 3.98. The number of hydrogen-bond acceptors (Lipinski definition) is 5. The van der Waals surface area contributed by atoms with Gasteiger partial charge in [-0.25, -0.2) is 0 Å². The van der Waals surface area contributed by atoms with Gasteiger partial charge in [0.1, 0.15) is 12.1 Å². The zero-order valence-electron chi connectivity index (χ0n) is 10.3. The Morgan fingerprint density at radius 2 is 1.59 bits per heavy atom. The van der Waals surface area contributed by atoms with Crippen molar-refractivity contribution in [2.45, 2.75) is 38.8 Å². The van der Waals surface area contributed by atoms with Gasteiger partial charge in [-0.2, -0.15) is 0 Å². The van der Waals surface area contributed by atoms with Crippen LogP contribution in [0.1, 0.15) is 26.7 Å². The first-order valence-electron chi connectivity index (χ1n) is 5.40. The Kier molecular flexibility index (Phi) is 10.7. The normalized spacial score (nSPS) is 13.5. The van der Waals surface area contributed by atoms with Gasteiger partial charge in [-0.3, -0.25) is 9.59 Å². The largest absolute Gasteiger partial charge is 0.480 e. The lowest BCUT2D eigenvalue weighted by molar-refractivity contribution is -0.140. The third-order valence-electron chi connectivity index (χ3n) is 2.04. The summed E-state index contributed by atoms with van der Waals surface area (Å²) >= 11 is 0. The van der Waals surface area contributed by atoms with Crippen LogP contribution in [0.25, 0.3) is 0 Å². The zero-order chi connectivity index (χ0) is 14.0. The second-order valence-corrected chi connectivity index (χ2v) is 3.98. The van der Waals surface area contributed by atoms with Crippen LogP contribution in [0, 0.1) is 5.92 Å². The molecular weight excluding hydrogens is 226 g/mol. The molecule has 0 aromatic carbocycles. The van der Waals surface area contributed by atoms with Gasteiger partial charge < -0.3 is 27.4 Å². The van der Waals surface area contributed by atoms with Crippen LogP contribution < -0.4 is 17.2 Å². The molecule has 0 aliphatic carbocycles. The van der Waals surface area contributed by atoms with Crippen LogP contribution in [0.2, 0.25) is 0 Å². The van der Waals surface area contributed by atoms with Crippen molar-refractivity contribution in [3.63, 3.8) is 0 Å². The van der Waals surface area contributed by atoms with Gasteiger partial charge in [-0.15, -0.1) is 0 Å². The lowest BCUT2D eigenvalue weighted by atomic mass is 10.1. The molecular formula is C10H23N3O4. The van der Waals surface area contributed by atoms with Crippen molar-refractivity contribution >= 4 is 11.9 Å². The SMILES string of the molecule is CC(C)[C@H](N)C(=O)O.NCCC[C@H](N)C(=O)O. The molecule has 0 saturated carbocycles. The summed E-state index contributed by atoms with van der Waals surface area (Å²) in [6, 6.07) is -1.46. The van der Waals surface area contributed by atoms with E-state index in [1.807, 2.05) is 0 Å². The Bertz CT molecular complexity index is 234. The molecule has 8 N–H and O–H groups in total. The maximum Gasteiger partial charge on any atom is 0.320 e. The predicted octanol–water partition coefficient (Wildman–Crippen LogP) is -0.808. The topological polar surface area (TPSA) is 153 Å². The Labute approximate surface area is 101 Å². The van der Waals surface area contributed by atoms with E-state index in [1.54, 1.807) is 13.8 Å². The summed E-state index contributed by atoms with van der Waals surface area (Å²) in [4.78, 5) is 20.1. The van der Waals surface area contributed by atoms with Crippen LogP contribution in [0.3, 0.4) is 0 Å². The predicted molar refractivity (Wildman–Crippen MR) is 64.3 cm³/mol. The van der Waals surface area contributed by atoms with Gasteiger partial charge >= 0.3 is 11.9 Å². The number of aliphatic carboxylic acids is 2. The molecule has 0 aromatic heterocycles. The van der Waals surface area contributed by atoms with Crippen molar-refractivity contribution < 1.29 is 19.8 Å². The second kappa shape index (κ2) is 10.0. The standard InChI is InChI=1S/C5H12N2O2.C5H11NO2/c6-3-1-2-4(7)5(8)9;1-3(2)4(6)5(7)8/h4H,1-3,6-7H2,(H,8,9);3-4H,6H2,1-2H3,(H,7,8)/t2*4-/m00/s1. The van der Waals surface area contributed by atoms with Crippen LogP contribution in [0.4, 0.5) is 0 Å². The van der Waals surface area contributed by atoms with E-state index in [1.165, 1.54) is 0 Å². The van der Waals surface area contributed by atoms with Crippen molar-refractivity contribution in [1.29, 1.82) is 0 Å². The fourth-order valence-electron chi connectivity index (χ4n) is 0.746. The number of nitrogens with two attached hydrogens (primary N) is 3. The summed E-state index contributed by atoms with van der Waals surface area (Å²) in [6.45, 7) is 4.05. The highest BCUT2D eigenvalue weighted by atomic mass is 16.4. The van der Waals surface area contributed by atoms with Crippen molar-refractivity contribution in [1.82, 2.24) is 0 Å². The van der Waals surface area contributed by atoms with Gasteiger partial charge in [0.05, 0.1) is 0 Å². The van der Waals surface area contributed by atoms with Crippen molar-refractivity contribution in [3.05, 3.63) is 0 Å². The number of carboxylic acid groups (broad SMARTS) is 2. The maximum atomic E-state index is 10.0. The Morgan fingerprint density at radius 3 is 1.76 bits per heavy atom. The molecule has 0 amide bonds. The number of carboxylic acids is 2. The lowest BCUT2D eigenvalue weighted by Crippen LogP contribution is -2.34. The number of carbonyl (C=O) groups is 2. The Hall–Kier alpha value is -1.18. The van der Waals surface area contributed by atoms with Crippen LogP contribution in [0.15, 0.2) is 0 Å². The van der Waals surface area contributed by atoms with Gasteiger partial charge in [0, 0.05) is 0 Å². The Morgan fingerprint density at radius 1 is 1.12 bits per heavy atom. The molecule has 0 unspecified atom stereocenters. The Balaban J connectivity index is 0. The molecule has 0 rings (SSSR count). The quantitative estimate of drug-likeness (QED) is 0.412. The molecule has 0 bridgehead atoms. The molecule has 0 aromatic rings. The molecule has 0 saturated heterocycles. The van der Waals surface area contributed by atoms with Crippen LogP contribution in [-0.4, -0.2) is 40.8 Å². The van der Waals surface area contributed by atoms with E-state index < -0.39 is 24.0 Å². The molecule has 0 heterocycles. The molecule has 102 valence electrons. The summed E-state index contributed by atoms with van der Waals surface area (Å²) < 4.78 is 0. The molecule has 0 radical (unpaired) electrons. The summed E-state index contributed by atoms with van der Waals surface area (Å²) in [6.07, 6.45) is 1.14. The highest BCUT2D eigenvalue weighted by Crippen LogP contribution is 1.96. The van der Waals surface area contributed by atoms with Crippen LogP contribution in [-0.2, 0) is 9.59 Å². The minimum Gasteiger partial charge on any atom is -0.480 e. The lowest BCUT2D eigenvalue weighted by Gasteiger charge is -2.07. The van der Waals surface area contributed by atoms with Gasteiger partial charge in [0.2, 0.25) is 0 Å². The fourth-order valence-corrected chi connectivity index (χ4v) is 0.746. The van der Waals surface area contributed by atoms with E-state index >= 15 is 0 Å². The van der Waals surface area contributed by atoms with Gasteiger partial charge in [0.15, 0.2) is 0 Å². The van der Waals surface area contributed by atoms with Crippen LogP contribution >= 0.6 is 0 Å². The third-order valence-corrected chi connectivity index (χ3v) is 2.04. The number of rotatable bonds is 6. The average molecular weight is 249 g/mol. The van der Waals surface area contributed by atoms with Crippen molar-refractivity contribution in [2.75, 3.05) is 6.54 Å². The van der Waals surface area contributed by atoms with Gasteiger partial charge in [-0.1, -0.05) is 13.8 Å².